The summed E-state index contributed by atoms with van der Waals surface area (Å²) in [5, 5.41) is 3.72. The number of rotatable bonds is 4. The summed E-state index contributed by atoms with van der Waals surface area (Å²) in [5.41, 5.74) is 0. The average Bonchev–Trinajstić information content (AvgIpc) is 2.40. The Bertz CT molecular complexity index is 242. The Balaban J connectivity index is 1.93. The van der Waals surface area contributed by atoms with Gasteiger partial charge in [-0.05, 0) is 32.9 Å². The number of nitrogens with zero attached hydrogens (tertiary/aromatic N) is 2. The Morgan fingerprint density at radius 2 is 1.89 bits per heavy atom. The van der Waals surface area contributed by atoms with E-state index in [-0.39, 0.29) is 0 Å². The Labute approximate surface area is 113 Å². The van der Waals surface area contributed by atoms with Crippen LogP contribution in [0.2, 0.25) is 0 Å². The Hall–Kier alpha value is -0.120. The van der Waals surface area contributed by atoms with E-state index in [1.54, 1.807) is 0 Å². The van der Waals surface area contributed by atoms with Gasteiger partial charge in [0.1, 0.15) is 0 Å². The second-order valence-corrected chi connectivity index (χ2v) is 5.99. The zero-order chi connectivity index (χ0) is 13.0. The van der Waals surface area contributed by atoms with Crippen LogP contribution in [0.4, 0.5) is 0 Å². The van der Waals surface area contributed by atoms with E-state index in [0.717, 1.165) is 24.7 Å². The second kappa shape index (κ2) is 6.88. The second-order valence-electron chi connectivity index (χ2n) is 5.99. The molecule has 0 spiro atoms. The van der Waals surface area contributed by atoms with Gasteiger partial charge in [0.25, 0.3) is 0 Å². The maximum atomic E-state index is 3.72. The molecule has 2 rings (SSSR count). The largest absolute Gasteiger partial charge is 0.313 e. The Kier molecular flexibility index (Phi) is 5.46. The van der Waals surface area contributed by atoms with Crippen LogP contribution >= 0.6 is 0 Å². The van der Waals surface area contributed by atoms with Gasteiger partial charge in [0.05, 0.1) is 0 Å². The third kappa shape index (κ3) is 3.25. The van der Waals surface area contributed by atoms with E-state index in [0.29, 0.717) is 0 Å². The van der Waals surface area contributed by atoms with E-state index >= 15 is 0 Å². The van der Waals surface area contributed by atoms with Crippen molar-refractivity contribution >= 4 is 0 Å². The lowest BCUT2D eigenvalue weighted by atomic mass is 9.88. The van der Waals surface area contributed by atoms with Gasteiger partial charge in [-0.25, -0.2) is 0 Å². The van der Waals surface area contributed by atoms with E-state index in [1.807, 2.05) is 0 Å². The lowest BCUT2D eigenvalue weighted by molar-refractivity contribution is 0.0335. The summed E-state index contributed by atoms with van der Waals surface area (Å²) in [6.45, 7) is 13.0. The van der Waals surface area contributed by atoms with Gasteiger partial charge in [-0.3, -0.25) is 9.80 Å². The molecule has 1 N–H and O–H groups in total. The molecule has 3 unspecified atom stereocenters. The van der Waals surface area contributed by atoms with Crippen LogP contribution in [0.1, 0.15) is 46.5 Å². The molecule has 1 saturated heterocycles. The van der Waals surface area contributed by atoms with Gasteiger partial charge in [-0.15, -0.1) is 0 Å². The number of hydrogen-bond donors (Lipinski definition) is 1. The zero-order valence-corrected chi connectivity index (χ0v) is 12.5. The summed E-state index contributed by atoms with van der Waals surface area (Å²) in [7, 11) is 0. The lowest BCUT2D eigenvalue weighted by Gasteiger charge is -2.47. The third-order valence-electron chi connectivity index (χ3n) is 4.87. The van der Waals surface area contributed by atoms with Crippen LogP contribution in [0.3, 0.4) is 0 Å². The summed E-state index contributed by atoms with van der Waals surface area (Å²) < 4.78 is 0. The molecular weight excluding hydrogens is 222 g/mol. The first kappa shape index (κ1) is 14.3. The van der Waals surface area contributed by atoms with Crippen molar-refractivity contribution in [2.24, 2.45) is 0 Å². The normalized spacial score (nSPS) is 35.8. The third-order valence-corrected chi connectivity index (χ3v) is 4.87. The summed E-state index contributed by atoms with van der Waals surface area (Å²) in [6.07, 6.45) is 5.62. The molecule has 2 fully saturated rings. The van der Waals surface area contributed by atoms with Gasteiger partial charge in [0.15, 0.2) is 0 Å². The SMILES string of the molecule is CCNC1CCCCC1N1CCN(CC)C(C)C1. The molecule has 3 atom stereocenters. The minimum absolute atomic E-state index is 0.730. The lowest BCUT2D eigenvalue weighted by Crippen LogP contribution is -2.59. The first-order valence-corrected chi connectivity index (χ1v) is 7.97. The van der Waals surface area contributed by atoms with E-state index < -0.39 is 0 Å². The van der Waals surface area contributed by atoms with Crippen molar-refractivity contribution in [3.8, 4) is 0 Å². The summed E-state index contributed by atoms with van der Waals surface area (Å²) in [5.74, 6) is 0. The monoisotopic (exact) mass is 253 g/mol. The van der Waals surface area contributed by atoms with Crippen LogP contribution in [-0.2, 0) is 0 Å². The molecule has 1 heterocycles. The van der Waals surface area contributed by atoms with Gasteiger partial charge >= 0.3 is 0 Å². The fraction of sp³-hybridized carbons (Fsp3) is 1.00. The molecule has 3 nitrogen and oxygen atoms in total. The fourth-order valence-corrected chi connectivity index (χ4v) is 3.84. The molecule has 0 aromatic rings. The zero-order valence-electron chi connectivity index (χ0n) is 12.5. The number of hydrogen-bond acceptors (Lipinski definition) is 3. The molecule has 3 heteroatoms. The highest BCUT2D eigenvalue weighted by molar-refractivity contribution is 4.91. The van der Waals surface area contributed by atoms with Crippen LogP contribution in [0.25, 0.3) is 0 Å². The summed E-state index contributed by atoms with van der Waals surface area (Å²) in [4.78, 5) is 5.38. The van der Waals surface area contributed by atoms with Gasteiger partial charge in [0, 0.05) is 37.8 Å². The van der Waals surface area contributed by atoms with Crippen molar-refractivity contribution in [1.82, 2.24) is 15.1 Å². The van der Waals surface area contributed by atoms with Crippen molar-refractivity contribution in [2.75, 3.05) is 32.7 Å². The molecular formula is C15H31N3. The molecule has 0 radical (unpaired) electrons. The maximum Gasteiger partial charge on any atom is 0.0250 e. The molecule has 18 heavy (non-hydrogen) atoms. The molecule has 2 aliphatic rings. The summed E-state index contributed by atoms with van der Waals surface area (Å²) >= 11 is 0. The average molecular weight is 253 g/mol. The van der Waals surface area contributed by atoms with Gasteiger partial charge in [-0.1, -0.05) is 26.7 Å². The van der Waals surface area contributed by atoms with Crippen molar-refractivity contribution in [2.45, 2.75) is 64.6 Å². The van der Waals surface area contributed by atoms with Crippen LogP contribution in [0, 0.1) is 0 Å². The van der Waals surface area contributed by atoms with Gasteiger partial charge in [-0.2, -0.15) is 0 Å². The quantitative estimate of drug-likeness (QED) is 0.826. The number of likely N-dealkylation sites (N-methyl/N-ethyl adjacent to an activating group) is 2. The molecule has 0 bridgehead atoms. The topological polar surface area (TPSA) is 18.5 Å². The predicted molar refractivity (Wildman–Crippen MR) is 78.0 cm³/mol. The molecule has 106 valence electrons. The van der Waals surface area contributed by atoms with E-state index in [9.17, 15) is 0 Å². The van der Waals surface area contributed by atoms with Crippen LogP contribution in [-0.4, -0.2) is 60.6 Å². The number of piperazine rings is 1. The highest BCUT2D eigenvalue weighted by Crippen LogP contribution is 2.25. The molecule has 1 aliphatic heterocycles. The minimum atomic E-state index is 0.730. The van der Waals surface area contributed by atoms with Gasteiger partial charge < -0.3 is 5.32 Å². The van der Waals surface area contributed by atoms with Crippen molar-refractivity contribution in [3.63, 3.8) is 0 Å². The van der Waals surface area contributed by atoms with E-state index in [2.05, 4.69) is 35.9 Å². The van der Waals surface area contributed by atoms with E-state index in [1.165, 1.54) is 51.9 Å². The van der Waals surface area contributed by atoms with Gasteiger partial charge in [0.2, 0.25) is 0 Å². The fourth-order valence-electron chi connectivity index (χ4n) is 3.84. The highest BCUT2D eigenvalue weighted by atomic mass is 15.3. The van der Waals surface area contributed by atoms with Crippen molar-refractivity contribution in [1.29, 1.82) is 0 Å². The predicted octanol–water partition coefficient (Wildman–Crippen LogP) is 1.93. The Morgan fingerprint density at radius 3 is 2.56 bits per heavy atom. The van der Waals surface area contributed by atoms with Crippen LogP contribution in [0.5, 0.6) is 0 Å². The Morgan fingerprint density at radius 1 is 1.11 bits per heavy atom. The first-order valence-electron chi connectivity index (χ1n) is 7.97. The van der Waals surface area contributed by atoms with Crippen LogP contribution in [0.15, 0.2) is 0 Å². The minimum Gasteiger partial charge on any atom is -0.313 e. The maximum absolute atomic E-state index is 3.72. The van der Waals surface area contributed by atoms with Crippen LogP contribution < -0.4 is 5.32 Å². The first-order chi connectivity index (χ1) is 8.76. The van der Waals surface area contributed by atoms with E-state index in [4.69, 9.17) is 0 Å². The number of nitrogens with one attached hydrogen (secondary N) is 1. The smallest absolute Gasteiger partial charge is 0.0250 e. The summed E-state index contributed by atoms with van der Waals surface area (Å²) in [6, 6.07) is 2.26. The van der Waals surface area contributed by atoms with Crippen molar-refractivity contribution in [3.05, 3.63) is 0 Å². The molecule has 1 saturated carbocycles. The molecule has 0 aromatic heterocycles. The molecule has 0 amide bonds. The standard InChI is InChI=1S/C15H31N3/c1-4-16-14-8-6-7-9-15(14)18-11-10-17(5-2)13(3)12-18/h13-16H,4-12H2,1-3H3. The highest BCUT2D eigenvalue weighted by Gasteiger charge is 2.33. The van der Waals surface area contributed by atoms with Crippen molar-refractivity contribution < 1.29 is 0 Å². The molecule has 1 aliphatic carbocycles. The molecule has 0 aromatic carbocycles.